The maximum absolute atomic E-state index is 12.7. The third-order valence-corrected chi connectivity index (χ3v) is 5.82. The molecule has 0 spiro atoms. The van der Waals surface area contributed by atoms with Crippen LogP contribution < -0.4 is 5.43 Å². The summed E-state index contributed by atoms with van der Waals surface area (Å²) in [6.07, 6.45) is 0. The van der Waals surface area contributed by atoms with E-state index in [0.29, 0.717) is 15.5 Å². The minimum absolute atomic E-state index is 0.0390. The third kappa shape index (κ3) is 2.73. The lowest BCUT2D eigenvalue weighted by Crippen LogP contribution is -2.43. The molecule has 4 rings (SSSR count). The number of thiophene rings is 1. The molecular formula is C19H14ClN3O2S. The second-order valence-electron chi connectivity index (χ2n) is 5.80. The topological polar surface area (TPSA) is 76.4 Å². The van der Waals surface area contributed by atoms with Crippen molar-refractivity contribution in [2.45, 2.75) is 0 Å². The molecule has 1 aromatic heterocycles. The average Bonchev–Trinajstić information content (AvgIpc) is 3.13. The largest absolute Gasteiger partial charge is 0.510 e. The molecule has 3 aromatic rings. The number of carbonyl (C=O) groups is 1. The van der Waals surface area contributed by atoms with E-state index in [4.69, 9.17) is 17.0 Å². The summed E-state index contributed by atoms with van der Waals surface area (Å²) in [4.78, 5) is 13.0. The van der Waals surface area contributed by atoms with Gasteiger partial charge in [0.1, 0.15) is 10.6 Å². The highest BCUT2D eigenvalue weighted by atomic mass is 35.5. The summed E-state index contributed by atoms with van der Waals surface area (Å²) >= 11 is 7.64. The minimum atomic E-state index is -0.400. The normalized spacial score (nSPS) is 14.3. The predicted molar refractivity (Wildman–Crippen MR) is 105 cm³/mol. The van der Waals surface area contributed by atoms with Gasteiger partial charge in [-0.2, -0.15) is 0 Å². The zero-order valence-electron chi connectivity index (χ0n) is 13.5. The van der Waals surface area contributed by atoms with Crippen LogP contribution in [0.3, 0.4) is 0 Å². The number of carbonyl (C=O) groups excluding carboxylic acids is 1. The van der Waals surface area contributed by atoms with Gasteiger partial charge in [-0.05, 0) is 11.6 Å². The van der Waals surface area contributed by atoms with Gasteiger partial charge >= 0.3 is 0 Å². The van der Waals surface area contributed by atoms with Gasteiger partial charge in [0.15, 0.2) is 5.84 Å². The Morgan fingerprint density at radius 1 is 1.15 bits per heavy atom. The number of hydrazine groups is 1. The van der Waals surface area contributed by atoms with Crippen molar-refractivity contribution in [3.05, 3.63) is 75.8 Å². The van der Waals surface area contributed by atoms with E-state index < -0.39 is 5.91 Å². The summed E-state index contributed by atoms with van der Waals surface area (Å²) in [6.45, 7) is 0.0390. The predicted octanol–water partition coefficient (Wildman–Crippen LogP) is 4.46. The van der Waals surface area contributed by atoms with E-state index >= 15 is 0 Å². The molecule has 0 saturated heterocycles. The fourth-order valence-electron chi connectivity index (χ4n) is 2.92. The van der Waals surface area contributed by atoms with E-state index in [2.05, 4.69) is 5.43 Å². The van der Waals surface area contributed by atoms with Crippen molar-refractivity contribution < 1.29 is 9.90 Å². The van der Waals surface area contributed by atoms with Gasteiger partial charge in [0.25, 0.3) is 5.91 Å². The van der Waals surface area contributed by atoms with Gasteiger partial charge in [-0.1, -0.05) is 60.1 Å². The van der Waals surface area contributed by atoms with Crippen LogP contribution in [-0.4, -0.2) is 28.4 Å². The van der Waals surface area contributed by atoms with Gasteiger partial charge in [0, 0.05) is 10.1 Å². The number of aliphatic hydroxyl groups excluding tert-OH is 1. The Hall–Kier alpha value is -2.83. The van der Waals surface area contributed by atoms with Crippen LogP contribution >= 0.6 is 22.9 Å². The highest BCUT2D eigenvalue weighted by Gasteiger charge is 2.30. The number of hydrogen-bond donors (Lipinski definition) is 3. The number of fused-ring (bicyclic) bond motifs is 1. The van der Waals surface area contributed by atoms with Gasteiger partial charge in [-0.25, -0.2) is 0 Å². The van der Waals surface area contributed by atoms with Crippen molar-refractivity contribution in [3.8, 4) is 0 Å². The molecule has 1 aliphatic heterocycles. The number of nitrogens with zero attached hydrogens (tertiary/aromatic N) is 1. The molecule has 130 valence electrons. The molecule has 2 aromatic carbocycles. The first-order valence-electron chi connectivity index (χ1n) is 7.88. The first-order valence-corrected chi connectivity index (χ1v) is 9.07. The number of benzene rings is 2. The zero-order valence-corrected chi connectivity index (χ0v) is 15.1. The second kappa shape index (κ2) is 6.48. The van der Waals surface area contributed by atoms with Gasteiger partial charge < -0.3 is 5.11 Å². The Labute approximate surface area is 158 Å². The van der Waals surface area contributed by atoms with Crippen LogP contribution in [0.1, 0.15) is 15.2 Å². The third-order valence-electron chi connectivity index (χ3n) is 4.14. The van der Waals surface area contributed by atoms with Crippen molar-refractivity contribution in [1.82, 2.24) is 10.4 Å². The summed E-state index contributed by atoms with van der Waals surface area (Å²) < 4.78 is 0.921. The average molecular weight is 384 g/mol. The zero-order chi connectivity index (χ0) is 18.3. The molecule has 2 heterocycles. The molecule has 3 N–H and O–H groups in total. The molecule has 0 bridgehead atoms. The van der Waals surface area contributed by atoms with E-state index in [1.165, 1.54) is 16.3 Å². The van der Waals surface area contributed by atoms with Gasteiger partial charge in [0.05, 0.1) is 17.1 Å². The quantitative estimate of drug-likeness (QED) is 0.624. The van der Waals surface area contributed by atoms with Crippen molar-refractivity contribution in [1.29, 1.82) is 5.41 Å². The number of halogens is 1. The smallest absolute Gasteiger partial charge is 0.281 e. The Morgan fingerprint density at radius 3 is 2.58 bits per heavy atom. The van der Waals surface area contributed by atoms with Gasteiger partial charge in [-0.3, -0.25) is 20.6 Å². The Bertz CT molecular complexity index is 1060. The molecule has 26 heavy (non-hydrogen) atoms. The summed E-state index contributed by atoms with van der Waals surface area (Å²) in [5, 5.41) is 21.1. The van der Waals surface area contributed by atoms with Crippen LogP contribution in [0.15, 0.2) is 60.4 Å². The molecule has 0 aliphatic carbocycles. The van der Waals surface area contributed by atoms with Crippen LogP contribution in [-0.2, 0) is 0 Å². The minimum Gasteiger partial charge on any atom is -0.510 e. The van der Waals surface area contributed by atoms with Crippen molar-refractivity contribution in [2.24, 2.45) is 0 Å². The lowest BCUT2D eigenvalue weighted by Gasteiger charge is -2.19. The van der Waals surface area contributed by atoms with E-state index in [1.807, 2.05) is 54.6 Å². The Kier molecular flexibility index (Phi) is 4.14. The molecule has 1 aliphatic rings. The molecule has 0 atom stereocenters. The highest BCUT2D eigenvalue weighted by molar-refractivity contribution is 7.21. The van der Waals surface area contributed by atoms with Crippen LogP contribution in [0.2, 0.25) is 5.02 Å². The van der Waals surface area contributed by atoms with Crippen LogP contribution in [0.25, 0.3) is 15.7 Å². The fourth-order valence-corrected chi connectivity index (χ4v) is 4.32. The number of aliphatic hydroxyl groups is 1. The second-order valence-corrected chi connectivity index (χ2v) is 7.23. The van der Waals surface area contributed by atoms with Crippen LogP contribution in [0.5, 0.6) is 0 Å². The molecule has 0 saturated carbocycles. The maximum Gasteiger partial charge on any atom is 0.281 e. The number of amides is 1. The summed E-state index contributed by atoms with van der Waals surface area (Å²) in [7, 11) is 0. The van der Waals surface area contributed by atoms with Gasteiger partial charge in [-0.15, -0.1) is 11.3 Å². The van der Waals surface area contributed by atoms with Crippen LogP contribution in [0.4, 0.5) is 0 Å². The van der Waals surface area contributed by atoms with Gasteiger partial charge in [0.2, 0.25) is 0 Å². The van der Waals surface area contributed by atoms with E-state index in [0.717, 1.165) is 15.6 Å². The Balaban J connectivity index is 1.57. The van der Waals surface area contributed by atoms with Crippen molar-refractivity contribution >= 4 is 50.3 Å². The molecule has 5 nitrogen and oxygen atoms in total. The first-order chi connectivity index (χ1) is 12.6. The number of hydrogen-bond acceptors (Lipinski definition) is 4. The van der Waals surface area contributed by atoms with Crippen LogP contribution in [0, 0.1) is 5.41 Å². The lowest BCUT2D eigenvalue weighted by molar-refractivity contribution is 0.0879. The standard InChI is InChI=1S/C19H14ClN3O2S/c20-16-12-8-4-5-9-14(12)26-17(16)19(25)22-23-10-13(24)15(18(23)21)11-6-2-1-3-7-11/h1-9,21,24H,10H2,(H,22,25). The van der Waals surface area contributed by atoms with E-state index in [9.17, 15) is 9.90 Å². The molecule has 7 heteroatoms. The fraction of sp³-hybridized carbons (Fsp3) is 0.0526. The highest BCUT2D eigenvalue weighted by Crippen LogP contribution is 2.35. The molecule has 0 unspecified atom stereocenters. The molecular weight excluding hydrogens is 370 g/mol. The number of rotatable bonds is 3. The summed E-state index contributed by atoms with van der Waals surface area (Å²) in [5.41, 5.74) is 3.81. The maximum atomic E-state index is 12.7. The molecule has 0 fully saturated rings. The summed E-state index contributed by atoms with van der Waals surface area (Å²) in [6, 6.07) is 16.7. The monoisotopic (exact) mass is 383 g/mol. The first kappa shape index (κ1) is 16.6. The molecule has 1 amide bonds. The molecule has 0 radical (unpaired) electrons. The van der Waals surface area contributed by atoms with Crippen molar-refractivity contribution in [3.63, 3.8) is 0 Å². The number of amidine groups is 1. The summed E-state index contributed by atoms with van der Waals surface area (Å²) in [5.74, 6) is -0.314. The van der Waals surface area contributed by atoms with Crippen molar-refractivity contribution in [2.75, 3.05) is 6.54 Å². The van der Waals surface area contributed by atoms with E-state index in [1.54, 1.807) is 0 Å². The Morgan fingerprint density at radius 2 is 1.85 bits per heavy atom. The van der Waals surface area contributed by atoms with E-state index in [-0.39, 0.29) is 18.1 Å². The number of nitrogens with one attached hydrogen (secondary N) is 2. The lowest BCUT2D eigenvalue weighted by atomic mass is 10.1. The SMILES string of the molecule is N=C1C(c2ccccc2)=C(O)CN1NC(=O)c1sc2ccccc2c1Cl.